The molecule has 9 nitrogen and oxygen atoms in total. The number of nitrogens with zero attached hydrogens (tertiary/aromatic N) is 4. The lowest BCUT2D eigenvalue weighted by molar-refractivity contribution is -0.0222. The van der Waals surface area contributed by atoms with E-state index in [2.05, 4.69) is 20.2 Å². The number of piperidine rings is 2. The number of carbonyl (C=O) groups excluding carboxylic acids is 1. The molecule has 0 radical (unpaired) electrons. The minimum absolute atomic E-state index is 0.119. The summed E-state index contributed by atoms with van der Waals surface area (Å²) in [6.07, 6.45) is 3.86. The van der Waals surface area contributed by atoms with Crippen molar-refractivity contribution >= 4 is 33.2 Å². The van der Waals surface area contributed by atoms with Gasteiger partial charge < -0.3 is 20.2 Å². The van der Waals surface area contributed by atoms with Gasteiger partial charge in [0.2, 0.25) is 5.95 Å². The van der Waals surface area contributed by atoms with Crippen molar-refractivity contribution in [2.75, 3.05) is 53.7 Å². The van der Waals surface area contributed by atoms with Gasteiger partial charge in [0.05, 0.1) is 21.9 Å². The fraction of sp³-hybridized carbons (Fsp3) is 0.607. The van der Waals surface area contributed by atoms with Crippen LogP contribution in [0.4, 0.5) is 26.2 Å². The van der Waals surface area contributed by atoms with Gasteiger partial charge in [-0.25, -0.2) is 22.2 Å². The molecule has 218 valence electrons. The molecular weight excluding hydrogens is 540 g/mol. The molecule has 40 heavy (non-hydrogen) atoms. The van der Waals surface area contributed by atoms with Gasteiger partial charge in [-0.1, -0.05) is 6.92 Å². The topological polar surface area (TPSA) is 116 Å². The van der Waals surface area contributed by atoms with E-state index in [0.29, 0.717) is 22.4 Å². The Morgan fingerprint density at radius 1 is 1.02 bits per heavy atom. The number of carbonyl (C=O) groups is 1. The second kappa shape index (κ2) is 10.8. The molecule has 12 heteroatoms. The average Bonchev–Trinajstić information content (AvgIpc) is 3.66. The molecule has 3 aliphatic rings. The lowest BCUT2D eigenvalue weighted by Crippen LogP contribution is -2.40. The highest BCUT2D eigenvalue weighted by molar-refractivity contribution is 7.91. The van der Waals surface area contributed by atoms with Crippen LogP contribution >= 0.6 is 0 Å². The standard InChI is InChI=1S/C28H37F2N5O4S/c1-19(17-36)18-40(38,39)21-3-4-22(23(16-21)34-11-7-27(5-6-27)8-12-34)25(37)32-24-15-20(2)31-26(33-24)35-13-9-28(29,30)10-14-35/h3-4,15-16,19,36H,5-14,17-18H2,1-2H3,(H,31,32,33,37)/t19-/m0/s1. The molecule has 5 rings (SSSR count). The number of hydrogen-bond acceptors (Lipinski definition) is 8. The second-order valence-corrected chi connectivity index (χ2v) is 13.8. The number of benzene rings is 1. The number of anilines is 3. The summed E-state index contributed by atoms with van der Waals surface area (Å²) in [7, 11) is -3.67. The Labute approximate surface area is 233 Å². The average molecular weight is 578 g/mol. The molecule has 2 aliphatic heterocycles. The van der Waals surface area contributed by atoms with E-state index in [1.54, 1.807) is 30.9 Å². The number of halogens is 2. The molecule has 2 saturated heterocycles. The van der Waals surface area contributed by atoms with Gasteiger partial charge in [-0.05, 0) is 62.1 Å². The van der Waals surface area contributed by atoms with Crippen LogP contribution in [0.1, 0.15) is 61.5 Å². The quantitative estimate of drug-likeness (QED) is 0.483. The van der Waals surface area contributed by atoms with Gasteiger partial charge >= 0.3 is 0 Å². The second-order valence-electron chi connectivity index (χ2n) is 11.7. The molecular formula is C28H37F2N5O4S. The number of nitrogens with one attached hydrogen (secondary N) is 1. The maximum absolute atomic E-state index is 13.7. The van der Waals surface area contributed by atoms with Crippen molar-refractivity contribution in [1.82, 2.24) is 9.97 Å². The molecule has 2 aromatic rings. The van der Waals surface area contributed by atoms with Crippen molar-refractivity contribution in [1.29, 1.82) is 0 Å². The molecule has 3 heterocycles. The third-order valence-electron chi connectivity index (χ3n) is 8.37. The van der Waals surface area contributed by atoms with Crippen LogP contribution in [0.3, 0.4) is 0 Å². The first-order chi connectivity index (χ1) is 18.9. The van der Waals surface area contributed by atoms with Crippen molar-refractivity contribution < 1.29 is 27.1 Å². The van der Waals surface area contributed by atoms with Gasteiger partial charge in [0.15, 0.2) is 9.84 Å². The van der Waals surface area contributed by atoms with E-state index >= 15 is 0 Å². The number of hydrogen-bond donors (Lipinski definition) is 2. The predicted molar refractivity (Wildman–Crippen MR) is 149 cm³/mol. The van der Waals surface area contributed by atoms with Crippen LogP contribution in [0.2, 0.25) is 0 Å². The van der Waals surface area contributed by atoms with Crippen LogP contribution in [0.15, 0.2) is 29.2 Å². The number of sulfone groups is 1. The van der Waals surface area contributed by atoms with E-state index in [1.165, 1.54) is 25.0 Å². The van der Waals surface area contributed by atoms with Crippen LogP contribution in [-0.2, 0) is 9.84 Å². The number of rotatable bonds is 8. The molecule has 1 saturated carbocycles. The molecule has 1 aromatic carbocycles. The van der Waals surface area contributed by atoms with Crippen molar-refractivity contribution in [3.8, 4) is 0 Å². The predicted octanol–water partition coefficient (Wildman–Crippen LogP) is 4.06. The van der Waals surface area contributed by atoms with Crippen LogP contribution in [0, 0.1) is 18.3 Å². The minimum atomic E-state index is -3.67. The summed E-state index contributed by atoms with van der Waals surface area (Å²) in [5.41, 5.74) is 1.86. The largest absolute Gasteiger partial charge is 0.396 e. The molecule has 1 amide bonds. The normalized spacial score (nSPS) is 20.8. The summed E-state index contributed by atoms with van der Waals surface area (Å²) in [6, 6.07) is 6.16. The van der Waals surface area contributed by atoms with Crippen molar-refractivity contribution in [3.05, 3.63) is 35.5 Å². The first-order valence-electron chi connectivity index (χ1n) is 13.9. The molecule has 1 aromatic heterocycles. The first kappa shape index (κ1) is 28.7. The molecule has 1 aliphatic carbocycles. The van der Waals surface area contributed by atoms with Gasteiger partial charge in [0, 0.05) is 57.4 Å². The smallest absolute Gasteiger partial charge is 0.258 e. The Morgan fingerprint density at radius 2 is 1.68 bits per heavy atom. The highest BCUT2D eigenvalue weighted by Gasteiger charge is 2.44. The minimum Gasteiger partial charge on any atom is -0.396 e. The number of alkyl halides is 2. The Balaban J connectivity index is 1.41. The lowest BCUT2D eigenvalue weighted by atomic mass is 9.93. The molecule has 1 atom stereocenters. The maximum atomic E-state index is 13.7. The van der Waals surface area contributed by atoms with Crippen LogP contribution < -0.4 is 15.1 Å². The van der Waals surface area contributed by atoms with Gasteiger partial charge in [-0.3, -0.25) is 4.79 Å². The fourth-order valence-corrected chi connectivity index (χ4v) is 7.17. The van der Waals surface area contributed by atoms with E-state index in [9.17, 15) is 27.1 Å². The van der Waals surface area contributed by atoms with Gasteiger partial charge in [0.25, 0.3) is 11.8 Å². The van der Waals surface area contributed by atoms with E-state index in [1.807, 2.05) is 0 Å². The van der Waals surface area contributed by atoms with E-state index < -0.39 is 27.6 Å². The molecule has 2 N–H and O–H groups in total. The SMILES string of the molecule is Cc1cc(NC(=O)c2ccc(S(=O)(=O)C[C@@H](C)CO)cc2N2CCC3(CC2)CC3)nc(N2CCC(F)(F)CC2)n1. The van der Waals surface area contributed by atoms with Gasteiger partial charge in [-0.2, -0.15) is 4.98 Å². The molecule has 3 fully saturated rings. The van der Waals surface area contributed by atoms with Crippen LogP contribution in [-0.4, -0.2) is 73.9 Å². The fourth-order valence-electron chi connectivity index (χ4n) is 5.56. The Hall–Kier alpha value is -2.86. The molecule has 0 bridgehead atoms. The number of aromatic nitrogens is 2. The van der Waals surface area contributed by atoms with Crippen LogP contribution in [0.25, 0.3) is 0 Å². The third kappa shape index (κ3) is 6.38. The monoisotopic (exact) mass is 577 g/mol. The van der Waals surface area contributed by atoms with Crippen LogP contribution in [0.5, 0.6) is 0 Å². The zero-order valence-electron chi connectivity index (χ0n) is 23.0. The zero-order chi connectivity index (χ0) is 28.7. The summed E-state index contributed by atoms with van der Waals surface area (Å²) in [6.45, 7) is 4.89. The summed E-state index contributed by atoms with van der Waals surface area (Å²) in [5.74, 6) is -3.21. The van der Waals surface area contributed by atoms with Gasteiger partial charge in [-0.15, -0.1) is 0 Å². The van der Waals surface area contributed by atoms with Crippen molar-refractivity contribution in [3.63, 3.8) is 0 Å². The summed E-state index contributed by atoms with van der Waals surface area (Å²) in [5, 5.41) is 12.2. The van der Waals surface area contributed by atoms with E-state index in [4.69, 9.17) is 0 Å². The Bertz CT molecular complexity index is 1360. The number of aliphatic hydroxyl groups excluding tert-OH is 1. The lowest BCUT2D eigenvalue weighted by Gasteiger charge is -2.35. The number of amides is 1. The van der Waals surface area contributed by atoms with E-state index in [0.717, 1.165) is 25.9 Å². The number of aliphatic hydroxyl groups is 1. The molecule has 1 spiro atoms. The Morgan fingerprint density at radius 3 is 2.30 bits per heavy atom. The Kier molecular flexibility index (Phi) is 7.77. The van der Waals surface area contributed by atoms with E-state index in [-0.39, 0.29) is 55.0 Å². The highest BCUT2D eigenvalue weighted by atomic mass is 32.2. The summed E-state index contributed by atoms with van der Waals surface area (Å²) >= 11 is 0. The molecule has 0 unspecified atom stereocenters. The van der Waals surface area contributed by atoms with Gasteiger partial charge in [0.1, 0.15) is 5.82 Å². The zero-order valence-corrected chi connectivity index (χ0v) is 23.8. The highest BCUT2D eigenvalue weighted by Crippen LogP contribution is 2.54. The first-order valence-corrected chi connectivity index (χ1v) is 15.6. The number of aryl methyl sites for hydroxylation is 1. The van der Waals surface area contributed by atoms with Crippen molar-refractivity contribution in [2.24, 2.45) is 11.3 Å². The summed E-state index contributed by atoms with van der Waals surface area (Å²) in [4.78, 5) is 26.3. The third-order valence-corrected chi connectivity index (χ3v) is 10.4. The van der Waals surface area contributed by atoms with Crippen molar-refractivity contribution in [2.45, 2.75) is 63.2 Å². The maximum Gasteiger partial charge on any atom is 0.258 e. The summed E-state index contributed by atoms with van der Waals surface area (Å²) < 4.78 is 53.5.